The van der Waals surface area contributed by atoms with Crippen LogP contribution >= 0.6 is 0 Å². The number of hydrogen-bond donors (Lipinski definition) is 0. The van der Waals surface area contributed by atoms with Gasteiger partial charge >= 0.3 is 36.2 Å². The summed E-state index contributed by atoms with van der Waals surface area (Å²) in [5, 5.41) is 0. The Kier molecular flexibility index (Phi) is 15.2. The quantitative estimate of drug-likeness (QED) is 0.0693. The van der Waals surface area contributed by atoms with Crippen molar-refractivity contribution in [2.24, 2.45) is 0 Å². The Hall–Kier alpha value is -5.74. The van der Waals surface area contributed by atoms with Crippen LogP contribution in [0.3, 0.4) is 0 Å². The Morgan fingerprint density at radius 3 is 1.25 bits per heavy atom. The Labute approximate surface area is 298 Å². The van der Waals surface area contributed by atoms with Gasteiger partial charge in [0.15, 0.2) is 12.2 Å². The van der Waals surface area contributed by atoms with E-state index in [0.29, 0.717) is 25.7 Å². The molecular weight excluding hydrogens is 688 g/mol. The molecule has 0 spiro atoms. The molecule has 0 N–H and O–H groups in total. The molecule has 278 valence electrons. The lowest BCUT2D eigenvalue weighted by molar-refractivity contribution is -0.138. The van der Waals surface area contributed by atoms with E-state index in [0.717, 1.165) is 12.2 Å². The van der Waals surface area contributed by atoms with Crippen LogP contribution in [0.1, 0.15) is 46.4 Å². The van der Waals surface area contributed by atoms with Crippen molar-refractivity contribution in [1.29, 1.82) is 0 Å². The fourth-order valence-electron chi connectivity index (χ4n) is 4.79. The number of rotatable bonds is 18. The number of unbranched alkanes of at least 4 members (excludes halogenated alkanes) is 2. The number of hydrogen-bond acceptors (Lipinski definition) is 16. The number of carbonyl (C=O) groups is 6. The average molecular weight is 727 g/mol. The molecule has 2 saturated heterocycles. The Morgan fingerprint density at radius 2 is 0.904 bits per heavy atom. The van der Waals surface area contributed by atoms with Gasteiger partial charge in [-0.25, -0.2) is 28.8 Å². The summed E-state index contributed by atoms with van der Waals surface area (Å²) in [5.74, 6) is -2.09. The highest BCUT2D eigenvalue weighted by atomic mass is 16.7. The van der Waals surface area contributed by atoms with Gasteiger partial charge in [-0.2, -0.15) is 0 Å². The minimum atomic E-state index is -0.930. The molecule has 0 bridgehead atoms. The first-order valence-electron chi connectivity index (χ1n) is 16.3. The van der Waals surface area contributed by atoms with Crippen molar-refractivity contribution in [1.82, 2.24) is 0 Å². The molecule has 52 heavy (non-hydrogen) atoms. The molecule has 0 aliphatic carbocycles. The summed E-state index contributed by atoms with van der Waals surface area (Å²) in [7, 11) is 0. The lowest BCUT2D eigenvalue weighted by Gasteiger charge is -2.17. The molecule has 16 nitrogen and oxygen atoms in total. The number of ether oxygens (including phenoxy) is 10. The number of esters is 4. The normalized spacial score (nSPS) is 18.5. The van der Waals surface area contributed by atoms with Crippen LogP contribution in [0.2, 0.25) is 0 Å². The number of benzene rings is 2. The van der Waals surface area contributed by atoms with E-state index >= 15 is 0 Å². The van der Waals surface area contributed by atoms with Crippen molar-refractivity contribution in [3.8, 4) is 11.5 Å². The molecule has 0 amide bonds. The SMILES string of the molecule is C=CC(=O)OCCCCOC(=O)Oc1ccc(C(=O)O[C@H]2COC3C2OC[C@@H]3OC(=O)c2ccc(OC(=O)OCCCCOC(=O)C=C)cc2)cc1. The third-order valence-corrected chi connectivity index (χ3v) is 7.40. The molecule has 2 unspecified atom stereocenters. The van der Waals surface area contributed by atoms with Gasteiger partial charge in [-0.3, -0.25) is 0 Å². The zero-order valence-electron chi connectivity index (χ0n) is 28.1. The van der Waals surface area contributed by atoms with Gasteiger partial charge in [0.25, 0.3) is 0 Å². The monoisotopic (exact) mass is 726 g/mol. The maximum Gasteiger partial charge on any atom is 0.513 e. The van der Waals surface area contributed by atoms with Crippen molar-refractivity contribution < 1.29 is 76.1 Å². The van der Waals surface area contributed by atoms with E-state index < -0.39 is 60.6 Å². The topological polar surface area (TPSA) is 195 Å². The van der Waals surface area contributed by atoms with Crippen LogP contribution in [0.5, 0.6) is 11.5 Å². The largest absolute Gasteiger partial charge is 0.513 e. The highest BCUT2D eigenvalue weighted by Gasteiger charge is 2.51. The van der Waals surface area contributed by atoms with E-state index in [1.165, 1.54) is 48.5 Å². The Balaban J connectivity index is 1.14. The third-order valence-electron chi connectivity index (χ3n) is 7.40. The lowest BCUT2D eigenvalue weighted by Crippen LogP contribution is -2.36. The van der Waals surface area contributed by atoms with E-state index in [-0.39, 0.29) is 62.3 Å². The smallest absolute Gasteiger partial charge is 0.463 e. The van der Waals surface area contributed by atoms with Gasteiger partial charge in [-0.05, 0) is 74.2 Å². The van der Waals surface area contributed by atoms with Crippen LogP contribution in [0, 0.1) is 0 Å². The van der Waals surface area contributed by atoms with E-state index in [1.54, 1.807) is 0 Å². The van der Waals surface area contributed by atoms with Gasteiger partial charge < -0.3 is 47.4 Å². The summed E-state index contributed by atoms with van der Waals surface area (Å²) in [5.41, 5.74) is 0.368. The van der Waals surface area contributed by atoms with Crippen LogP contribution in [-0.4, -0.2) is 100 Å². The van der Waals surface area contributed by atoms with Crippen LogP contribution in [0.25, 0.3) is 0 Å². The zero-order valence-corrected chi connectivity index (χ0v) is 28.1. The molecule has 2 fully saturated rings. The van der Waals surface area contributed by atoms with Crippen molar-refractivity contribution in [3.05, 3.63) is 85.0 Å². The van der Waals surface area contributed by atoms with E-state index in [4.69, 9.17) is 47.4 Å². The number of carbonyl (C=O) groups excluding carboxylic acids is 6. The molecule has 16 heteroatoms. The second-order valence-corrected chi connectivity index (χ2v) is 11.1. The van der Waals surface area contributed by atoms with Crippen LogP contribution in [0.15, 0.2) is 73.8 Å². The molecule has 4 rings (SSSR count). The van der Waals surface area contributed by atoms with Crippen molar-refractivity contribution in [2.75, 3.05) is 39.6 Å². The molecular formula is C36H38O16. The van der Waals surface area contributed by atoms with Crippen molar-refractivity contribution in [2.45, 2.75) is 50.1 Å². The molecule has 0 saturated carbocycles. The van der Waals surface area contributed by atoms with Crippen LogP contribution < -0.4 is 9.47 Å². The fraction of sp³-hybridized carbons (Fsp3) is 0.389. The maximum atomic E-state index is 12.8. The lowest BCUT2D eigenvalue weighted by atomic mass is 10.1. The summed E-state index contributed by atoms with van der Waals surface area (Å²) in [6, 6.07) is 11.3. The highest BCUT2D eigenvalue weighted by molar-refractivity contribution is 5.90. The third kappa shape index (κ3) is 12.2. The molecule has 0 radical (unpaired) electrons. The average Bonchev–Trinajstić information content (AvgIpc) is 3.74. The van der Waals surface area contributed by atoms with E-state index in [1.807, 2.05) is 0 Å². The molecule has 2 aromatic rings. The first-order chi connectivity index (χ1) is 25.2. The highest BCUT2D eigenvalue weighted by Crippen LogP contribution is 2.32. The Morgan fingerprint density at radius 1 is 0.558 bits per heavy atom. The minimum Gasteiger partial charge on any atom is -0.463 e. The Bertz CT molecular complexity index is 1450. The summed E-state index contributed by atoms with van der Waals surface area (Å²) < 4.78 is 52.6. The molecule has 2 aliphatic rings. The van der Waals surface area contributed by atoms with E-state index in [2.05, 4.69) is 13.2 Å². The first kappa shape index (κ1) is 39.1. The summed E-state index contributed by atoms with van der Waals surface area (Å²) in [4.78, 5) is 71.5. The maximum absolute atomic E-state index is 12.8. The molecule has 2 heterocycles. The van der Waals surface area contributed by atoms with Gasteiger partial charge in [0.2, 0.25) is 0 Å². The summed E-state index contributed by atoms with van der Waals surface area (Å²) in [6.45, 7) is 7.10. The second kappa shape index (κ2) is 20.2. The van der Waals surface area contributed by atoms with Crippen LogP contribution in [-0.2, 0) is 47.5 Å². The molecule has 0 aromatic heterocycles. The van der Waals surface area contributed by atoms with Crippen molar-refractivity contribution in [3.63, 3.8) is 0 Å². The molecule has 4 atom stereocenters. The van der Waals surface area contributed by atoms with Crippen LogP contribution in [0.4, 0.5) is 9.59 Å². The number of fused-ring (bicyclic) bond motifs is 1. The minimum absolute atomic E-state index is 0.0176. The fourth-order valence-corrected chi connectivity index (χ4v) is 4.79. The van der Waals surface area contributed by atoms with Gasteiger partial charge in [0.1, 0.15) is 23.7 Å². The zero-order chi connectivity index (χ0) is 37.3. The second-order valence-electron chi connectivity index (χ2n) is 11.1. The van der Waals surface area contributed by atoms with Gasteiger partial charge in [0, 0.05) is 12.2 Å². The molecule has 2 aromatic carbocycles. The van der Waals surface area contributed by atoms with Gasteiger partial charge in [-0.15, -0.1) is 0 Å². The van der Waals surface area contributed by atoms with Gasteiger partial charge in [0.05, 0.1) is 50.8 Å². The summed E-state index contributed by atoms with van der Waals surface area (Å²) >= 11 is 0. The molecule has 2 aliphatic heterocycles. The first-order valence-corrected chi connectivity index (χ1v) is 16.3. The van der Waals surface area contributed by atoms with E-state index in [9.17, 15) is 28.8 Å². The van der Waals surface area contributed by atoms with Crippen molar-refractivity contribution >= 4 is 36.2 Å². The predicted molar refractivity (Wildman–Crippen MR) is 176 cm³/mol. The van der Waals surface area contributed by atoms with Gasteiger partial charge in [-0.1, -0.05) is 13.2 Å². The standard InChI is InChI=1S/C36H38O16/c1-3-29(37)43-17-5-7-19-45-35(41)49-25-13-9-23(10-14-25)33(39)51-27-21-47-32-28(22-48-31(27)32)52-34(40)24-11-15-26(16-12-24)50-36(42)46-20-8-6-18-44-30(38)4-2/h3-4,9-16,27-28,31-32H,1-2,5-8,17-22H2/t27-,28-,31?,32?/m0/s1. The predicted octanol–water partition coefficient (Wildman–Crippen LogP) is 4.28. The summed E-state index contributed by atoms with van der Waals surface area (Å²) in [6.07, 6.45) is -0.714.